The number of hydrogen-bond donors (Lipinski definition) is 2. The Balaban J connectivity index is 0.000000171. The van der Waals surface area contributed by atoms with E-state index in [-0.39, 0.29) is 21.9 Å². The van der Waals surface area contributed by atoms with Crippen LogP contribution in [0.1, 0.15) is 12.8 Å². The van der Waals surface area contributed by atoms with Crippen molar-refractivity contribution in [1.29, 1.82) is 0 Å². The van der Waals surface area contributed by atoms with Gasteiger partial charge in [-0.25, -0.2) is 0 Å². The van der Waals surface area contributed by atoms with Crippen LogP contribution in [0.4, 0.5) is 0 Å². The minimum absolute atomic E-state index is 0.000000000000000444. The lowest BCUT2D eigenvalue weighted by Gasteiger charge is -1.99. The molecule has 2 N–H and O–H groups in total. The first-order valence-electron chi connectivity index (χ1n) is 4.68. The molecular weight excluding hydrogens is 290 g/mol. The zero-order valence-corrected chi connectivity index (χ0v) is 10.8. The van der Waals surface area contributed by atoms with Crippen LogP contribution in [0.5, 0.6) is 0 Å². The normalized spacial score (nSPS) is 18.4. The van der Waals surface area contributed by atoms with Crippen molar-refractivity contribution in [2.24, 2.45) is 0 Å². The highest BCUT2D eigenvalue weighted by Crippen LogP contribution is 2.08. The van der Waals surface area contributed by atoms with E-state index >= 15 is 0 Å². The number of aromatic nitrogens is 3. The molecule has 0 amide bonds. The summed E-state index contributed by atoms with van der Waals surface area (Å²) in [5.41, 5.74) is 0. The van der Waals surface area contributed by atoms with Gasteiger partial charge in [-0.15, -0.1) is 0 Å². The van der Waals surface area contributed by atoms with Crippen molar-refractivity contribution < 1.29 is 9.90 Å². The van der Waals surface area contributed by atoms with Crippen molar-refractivity contribution in [3.63, 3.8) is 0 Å². The van der Waals surface area contributed by atoms with Crippen molar-refractivity contribution in [1.82, 2.24) is 20.3 Å². The molecule has 1 saturated heterocycles. The maximum Gasteiger partial charge on any atom is 0.320 e. The number of carboxylic acid groups (broad SMARTS) is 1. The Morgan fingerprint density at radius 2 is 1.65 bits per heavy atom. The molecule has 1 atom stereocenters. The van der Waals surface area contributed by atoms with Crippen molar-refractivity contribution in [2.75, 3.05) is 6.54 Å². The Morgan fingerprint density at radius 1 is 1.18 bits per heavy atom. The zero-order chi connectivity index (χ0) is 12.8. The summed E-state index contributed by atoms with van der Waals surface area (Å²) in [6.45, 7) is 0.858. The van der Waals surface area contributed by atoms with Gasteiger partial charge in [0.2, 0.25) is 15.9 Å². The Kier molecular flexibility index (Phi) is 5.84. The average Bonchev–Trinajstić information content (AvgIpc) is 2.68. The molecule has 17 heavy (non-hydrogen) atoms. The number of nitrogens with zero attached hydrogens (tertiary/aromatic N) is 3. The molecular formula is C8H9Cl3N4O2. The van der Waals surface area contributed by atoms with E-state index in [0.29, 0.717) is 0 Å². The molecule has 0 spiro atoms. The molecule has 6 nitrogen and oxygen atoms in total. The molecule has 9 heteroatoms. The molecule has 0 radical (unpaired) electrons. The zero-order valence-electron chi connectivity index (χ0n) is 8.53. The topological polar surface area (TPSA) is 88.0 Å². The highest BCUT2D eigenvalue weighted by molar-refractivity contribution is 6.33. The van der Waals surface area contributed by atoms with E-state index in [1.54, 1.807) is 0 Å². The molecule has 1 aromatic heterocycles. The van der Waals surface area contributed by atoms with Crippen LogP contribution < -0.4 is 5.32 Å². The summed E-state index contributed by atoms with van der Waals surface area (Å²) in [5.74, 6) is -0.720. The third-order valence-electron chi connectivity index (χ3n) is 1.91. The highest BCUT2D eigenvalue weighted by atomic mass is 35.5. The highest BCUT2D eigenvalue weighted by Gasteiger charge is 2.20. The fourth-order valence-electron chi connectivity index (χ4n) is 1.20. The Labute approximate surface area is 112 Å². The maximum atomic E-state index is 10.1. The van der Waals surface area contributed by atoms with E-state index in [9.17, 15) is 4.79 Å². The van der Waals surface area contributed by atoms with Gasteiger partial charge in [-0.1, -0.05) is 0 Å². The average molecular weight is 300 g/mol. The SMILES string of the molecule is Clc1nc(Cl)nc(Cl)n1.O=C(O)[C@@H]1CCCN1. The van der Waals surface area contributed by atoms with E-state index in [1.807, 2.05) is 0 Å². The summed E-state index contributed by atoms with van der Waals surface area (Å²) in [7, 11) is 0. The second-order valence-electron chi connectivity index (χ2n) is 3.13. The number of nitrogens with one attached hydrogen (secondary N) is 1. The Hall–Kier alpha value is -0.690. The lowest BCUT2D eigenvalue weighted by molar-refractivity contribution is -0.139. The predicted octanol–water partition coefficient (Wildman–Crippen LogP) is 1.65. The third-order valence-corrected chi connectivity index (χ3v) is 2.42. The predicted molar refractivity (Wildman–Crippen MR) is 63.5 cm³/mol. The van der Waals surface area contributed by atoms with Gasteiger partial charge in [0, 0.05) is 0 Å². The van der Waals surface area contributed by atoms with Crippen LogP contribution >= 0.6 is 34.8 Å². The fourth-order valence-corrected chi connectivity index (χ4v) is 1.81. The quantitative estimate of drug-likeness (QED) is 0.820. The molecule has 0 aliphatic carbocycles. The second-order valence-corrected chi connectivity index (χ2v) is 4.14. The lowest BCUT2D eigenvalue weighted by Crippen LogP contribution is -2.29. The van der Waals surface area contributed by atoms with Crippen LogP contribution in [0.25, 0.3) is 0 Å². The largest absolute Gasteiger partial charge is 0.480 e. The number of carboxylic acids is 1. The summed E-state index contributed by atoms with van der Waals surface area (Å²) in [6, 6.07) is -0.269. The maximum absolute atomic E-state index is 10.1. The minimum atomic E-state index is -0.720. The second kappa shape index (κ2) is 6.90. The number of hydrogen-bond acceptors (Lipinski definition) is 5. The summed E-state index contributed by atoms with van der Waals surface area (Å²) in [5, 5.41) is 11.2. The number of aliphatic carboxylic acids is 1. The lowest BCUT2D eigenvalue weighted by atomic mass is 10.2. The van der Waals surface area contributed by atoms with E-state index in [0.717, 1.165) is 19.4 Å². The van der Waals surface area contributed by atoms with E-state index < -0.39 is 5.97 Å². The van der Waals surface area contributed by atoms with Crippen molar-refractivity contribution >= 4 is 40.8 Å². The summed E-state index contributed by atoms with van der Waals surface area (Å²) < 4.78 is 0. The molecule has 94 valence electrons. The van der Waals surface area contributed by atoms with Gasteiger partial charge in [-0.3, -0.25) is 4.79 Å². The van der Waals surface area contributed by atoms with E-state index in [1.165, 1.54) is 0 Å². The van der Waals surface area contributed by atoms with Crippen LogP contribution in [0, 0.1) is 0 Å². The molecule has 0 saturated carbocycles. The standard InChI is InChI=1S/C5H9NO2.C3Cl3N3/c7-5(8)4-2-1-3-6-4;4-1-7-2(5)9-3(6)8-1/h4,6H,1-3H2,(H,7,8);/t4-;/m0./s1. The van der Waals surface area contributed by atoms with Crippen molar-refractivity contribution in [3.8, 4) is 0 Å². The fraction of sp³-hybridized carbons (Fsp3) is 0.500. The van der Waals surface area contributed by atoms with Crippen molar-refractivity contribution in [3.05, 3.63) is 15.9 Å². The van der Waals surface area contributed by atoms with Gasteiger partial charge < -0.3 is 10.4 Å². The van der Waals surface area contributed by atoms with Gasteiger partial charge in [0.05, 0.1) is 0 Å². The molecule has 1 aromatic rings. The van der Waals surface area contributed by atoms with Crippen LogP contribution in [-0.2, 0) is 4.79 Å². The van der Waals surface area contributed by atoms with E-state index in [2.05, 4.69) is 20.3 Å². The van der Waals surface area contributed by atoms with E-state index in [4.69, 9.17) is 39.9 Å². The summed E-state index contributed by atoms with van der Waals surface area (Å²) in [4.78, 5) is 20.5. The van der Waals surface area contributed by atoms with Gasteiger partial charge in [-0.05, 0) is 54.2 Å². The third kappa shape index (κ3) is 5.45. The molecule has 2 heterocycles. The first-order chi connectivity index (χ1) is 7.99. The van der Waals surface area contributed by atoms with Gasteiger partial charge in [-0.2, -0.15) is 15.0 Å². The number of carbonyl (C=O) groups is 1. The van der Waals surface area contributed by atoms with Crippen LogP contribution in [0.3, 0.4) is 0 Å². The van der Waals surface area contributed by atoms with Gasteiger partial charge >= 0.3 is 5.97 Å². The van der Waals surface area contributed by atoms with Crippen LogP contribution in [0.2, 0.25) is 15.9 Å². The number of halogens is 3. The molecule has 2 rings (SSSR count). The first kappa shape index (κ1) is 14.4. The monoisotopic (exact) mass is 298 g/mol. The number of rotatable bonds is 1. The Bertz CT molecular complexity index is 348. The summed E-state index contributed by atoms with van der Waals surface area (Å²) in [6.07, 6.45) is 1.78. The minimum Gasteiger partial charge on any atom is -0.480 e. The molecule has 0 aromatic carbocycles. The van der Waals surface area contributed by atoms with Gasteiger partial charge in [0.1, 0.15) is 6.04 Å². The van der Waals surface area contributed by atoms with Gasteiger partial charge in [0.15, 0.2) is 0 Å². The molecule has 1 aliphatic rings. The molecule has 1 aliphatic heterocycles. The first-order valence-corrected chi connectivity index (χ1v) is 5.81. The Morgan fingerprint density at radius 3 is 1.88 bits per heavy atom. The van der Waals surface area contributed by atoms with Gasteiger partial charge in [0.25, 0.3) is 0 Å². The molecule has 0 bridgehead atoms. The van der Waals surface area contributed by atoms with Crippen LogP contribution in [-0.4, -0.2) is 38.6 Å². The smallest absolute Gasteiger partial charge is 0.320 e. The molecule has 0 unspecified atom stereocenters. The van der Waals surface area contributed by atoms with Crippen LogP contribution in [0.15, 0.2) is 0 Å². The molecule has 1 fully saturated rings. The summed E-state index contributed by atoms with van der Waals surface area (Å²) >= 11 is 16.0. The van der Waals surface area contributed by atoms with Crippen molar-refractivity contribution in [2.45, 2.75) is 18.9 Å².